The molecule has 0 aliphatic rings. The summed E-state index contributed by atoms with van der Waals surface area (Å²) in [6.45, 7) is -0.176. The minimum Gasteiger partial charge on any atom is -0.492 e. The predicted octanol–water partition coefficient (Wildman–Crippen LogP) is 3.16. The number of halogens is 2. The monoisotopic (exact) mass is 399 g/mol. The number of amides is 1. The van der Waals surface area contributed by atoms with E-state index >= 15 is 0 Å². The molecule has 0 aromatic heterocycles. The van der Waals surface area contributed by atoms with Crippen LogP contribution in [0.3, 0.4) is 0 Å². The van der Waals surface area contributed by atoms with Crippen LogP contribution in [0.2, 0.25) is 10.0 Å². The van der Waals surface area contributed by atoms with Crippen molar-refractivity contribution in [3.63, 3.8) is 0 Å². The molecular formula is C17H15Cl2NO6. The molecule has 0 aliphatic heterocycles. The van der Waals surface area contributed by atoms with Crippen molar-refractivity contribution in [1.29, 1.82) is 0 Å². The van der Waals surface area contributed by atoms with Crippen molar-refractivity contribution in [3.8, 4) is 17.2 Å². The third-order valence-corrected chi connectivity index (χ3v) is 3.86. The number of primary amides is 1. The van der Waals surface area contributed by atoms with Crippen molar-refractivity contribution in [2.24, 2.45) is 5.73 Å². The molecule has 1 amide bonds. The lowest BCUT2D eigenvalue weighted by molar-refractivity contribution is -0.137. The maximum absolute atomic E-state index is 11.3. The van der Waals surface area contributed by atoms with Crippen LogP contribution in [0.4, 0.5) is 0 Å². The third kappa shape index (κ3) is 5.01. The van der Waals surface area contributed by atoms with Gasteiger partial charge in [-0.25, -0.2) is 0 Å². The summed E-state index contributed by atoms with van der Waals surface area (Å²) in [5, 5.41) is 19.2. The molecule has 2 aromatic rings. The number of aliphatic hydroxyl groups is 1. The van der Waals surface area contributed by atoms with Crippen molar-refractivity contribution in [1.82, 2.24) is 0 Å². The van der Waals surface area contributed by atoms with Gasteiger partial charge in [-0.05, 0) is 24.3 Å². The Hall–Kier alpha value is -2.48. The number of ether oxygens (including phenoxy) is 2. The molecule has 2 aromatic carbocycles. The molecule has 138 valence electrons. The van der Waals surface area contributed by atoms with E-state index in [4.69, 9.17) is 43.5 Å². The molecule has 0 saturated carbocycles. The van der Waals surface area contributed by atoms with Gasteiger partial charge in [0.2, 0.25) is 0 Å². The molecule has 0 fully saturated rings. The van der Waals surface area contributed by atoms with E-state index in [1.54, 1.807) is 18.2 Å². The van der Waals surface area contributed by atoms with Crippen molar-refractivity contribution in [3.05, 3.63) is 52.0 Å². The summed E-state index contributed by atoms with van der Waals surface area (Å²) in [6.07, 6.45) is -1.89. The fraction of sp³-hybridized carbons (Fsp3) is 0.176. The zero-order valence-electron chi connectivity index (χ0n) is 13.3. The Morgan fingerprint density at radius 1 is 1.15 bits per heavy atom. The Kier molecular flexibility index (Phi) is 6.68. The Balaban J connectivity index is 2.33. The largest absolute Gasteiger partial charge is 0.492 e. The summed E-state index contributed by atoms with van der Waals surface area (Å²) in [7, 11) is 0. The molecule has 7 nitrogen and oxygen atoms in total. The maximum atomic E-state index is 11.3. The lowest BCUT2D eigenvalue weighted by atomic mass is 10.1. The maximum Gasteiger partial charge on any atom is 0.306 e. The van der Waals surface area contributed by atoms with E-state index in [1.165, 1.54) is 18.2 Å². The number of carbonyl (C=O) groups excluding carboxylic acids is 1. The van der Waals surface area contributed by atoms with E-state index < -0.39 is 18.0 Å². The van der Waals surface area contributed by atoms with Crippen LogP contribution < -0.4 is 15.2 Å². The molecule has 0 aliphatic carbocycles. The first-order valence-electron chi connectivity index (χ1n) is 7.37. The number of rotatable bonds is 8. The van der Waals surface area contributed by atoms with Crippen LogP contribution in [0.25, 0.3) is 0 Å². The first-order chi connectivity index (χ1) is 12.3. The molecule has 1 atom stereocenters. The number of hydrogen-bond donors (Lipinski definition) is 3. The van der Waals surface area contributed by atoms with E-state index in [0.29, 0.717) is 0 Å². The predicted molar refractivity (Wildman–Crippen MR) is 94.9 cm³/mol. The topological polar surface area (TPSA) is 119 Å². The van der Waals surface area contributed by atoms with Crippen LogP contribution in [0.1, 0.15) is 18.1 Å². The van der Waals surface area contributed by atoms with Gasteiger partial charge in [0.15, 0.2) is 11.9 Å². The highest BCUT2D eigenvalue weighted by atomic mass is 35.5. The normalized spacial score (nSPS) is 11.7. The van der Waals surface area contributed by atoms with Gasteiger partial charge in [-0.15, -0.1) is 0 Å². The molecule has 9 heteroatoms. The van der Waals surface area contributed by atoms with E-state index in [-0.39, 0.29) is 45.9 Å². The van der Waals surface area contributed by atoms with Crippen LogP contribution >= 0.6 is 23.2 Å². The number of aliphatic carboxylic acids is 1. The molecule has 2 rings (SSSR count). The third-order valence-electron chi connectivity index (χ3n) is 3.26. The van der Waals surface area contributed by atoms with Crippen molar-refractivity contribution in [2.75, 3.05) is 6.61 Å². The Labute approximate surface area is 158 Å². The number of benzene rings is 2. The fourth-order valence-electron chi connectivity index (χ4n) is 2.03. The van der Waals surface area contributed by atoms with Gasteiger partial charge in [0.05, 0.1) is 23.1 Å². The molecule has 4 N–H and O–H groups in total. The number of para-hydroxylation sites is 1. The highest BCUT2D eigenvalue weighted by Gasteiger charge is 2.20. The Morgan fingerprint density at radius 2 is 1.81 bits per heavy atom. The average molecular weight is 400 g/mol. The van der Waals surface area contributed by atoms with Crippen molar-refractivity contribution in [2.45, 2.75) is 12.5 Å². The molecule has 26 heavy (non-hydrogen) atoms. The van der Waals surface area contributed by atoms with Gasteiger partial charge in [-0.1, -0.05) is 29.3 Å². The summed E-state index contributed by atoms with van der Waals surface area (Å²) in [6, 6.07) is 9.07. The molecule has 0 heterocycles. The fourth-order valence-corrected chi connectivity index (χ4v) is 2.50. The summed E-state index contributed by atoms with van der Waals surface area (Å²) < 4.78 is 11.0. The van der Waals surface area contributed by atoms with E-state index in [1.807, 2.05) is 0 Å². The lowest BCUT2D eigenvalue weighted by Gasteiger charge is -2.16. The van der Waals surface area contributed by atoms with Crippen molar-refractivity contribution >= 4 is 35.1 Å². The number of hydrogen-bond acceptors (Lipinski definition) is 5. The zero-order chi connectivity index (χ0) is 19.3. The van der Waals surface area contributed by atoms with Gasteiger partial charge < -0.3 is 25.4 Å². The first-order valence-corrected chi connectivity index (χ1v) is 8.13. The SMILES string of the molecule is NC(=O)C(O)c1ccc(Oc2c(Cl)cccc2Cl)cc1OCCC(=O)O. The van der Waals surface area contributed by atoms with Crippen molar-refractivity contribution < 1.29 is 29.3 Å². The number of aliphatic hydroxyl groups excluding tert-OH is 1. The van der Waals surface area contributed by atoms with Gasteiger partial charge in [0.25, 0.3) is 5.91 Å². The second-order valence-corrected chi connectivity index (χ2v) is 5.96. The van der Waals surface area contributed by atoms with Crippen LogP contribution in [-0.2, 0) is 9.59 Å². The molecule has 1 unspecified atom stereocenters. The summed E-state index contributed by atoms with van der Waals surface area (Å²) in [5.74, 6) is -1.51. The second-order valence-electron chi connectivity index (χ2n) is 5.15. The van der Waals surface area contributed by atoms with Crippen LogP contribution in [0.5, 0.6) is 17.2 Å². The van der Waals surface area contributed by atoms with E-state index in [9.17, 15) is 14.7 Å². The number of carboxylic acid groups (broad SMARTS) is 1. The second kappa shape index (κ2) is 8.75. The lowest BCUT2D eigenvalue weighted by Crippen LogP contribution is -2.21. The number of nitrogens with two attached hydrogens (primary N) is 1. The average Bonchev–Trinajstić information content (AvgIpc) is 2.57. The minimum atomic E-state index is -1.62. The molecule has 0 radical (unpaired) electrons. The van der Waals surface area contributed by atoms with E-state index in [0.717, 1.165) is 0 Å². The number of carbonyl (C=O) groups is 2. The van der Waals surface area contributed by atoms with Gasteiger partial charge in [-0.2, -0.15) is 0 Å². The van der Waals surface area contributed by atoms with Gasteiger partial charge in [-0.3, -0.25) is 9.59 Å². The standard InChI is InChI=1S/C17H15Cl2NO6/c18-11-2-1-3-12(19)16(11)26-9-4-5-10(15(23)17(20)24)13(8-9)25-7-6-14(21)22/h1-5,8,15,23H,6-7H2,(H2,20,24)(H,21,22). The summed E-state index contributed by atoms with van der Waals surface area (Å²) in [4.78, 5) is 21.9. The van der Waals surface area contributed by atoms with Gasteiger partial charge in [0, 0.05) is 11.6 Å². The molecule has 0 spiro atoms. The zero-order valence-corrected chi connectivity index (χ0v) is 14.8. The highest BCUT2D eigenvalue weighted by Crippen LogP contribution is 2.38. The Bertz CT molecular complexity index is 807. The van der Waals surface area contributed by atoms with Gasteiger partial charge in [0.1, 0.15) is 11.5 Å². The van der Waals surface area contributed by atoms with Crippen LogP contribution in [0.15, 0.2) is 36.4 Å². The minimum absolute atomic E-state index is 0.0539. The van der Waals surface area contributed by atoms with E-state index in [2.05, 4.69) is 0 Å². The van der Waals surface area contributed by atoms with Gasteiger partial charge >= 0.3 is 5.97 Å². The first kappa shape index (κ1) is 19.8. The smallest absolute Gasteiger partial charge is 0.306 e. The van der Waals surface area contributed by atoms with Crippen LogP contribution in [0, 0.1) is 0 Å². The molecule has 0 saturated heterocycles. The summed E-state index contributed by atoms with van der Waals surface area (Å²) >= 11 is 12.1. The summed E-state index contributed by atoms with van der Waals surface area (Å²) in [5.41, 5.74) is 5.19. The highest BCUT2D eigenvalue weighted by molar-refractivity contribution is 6.37. The quantitative estimate of drug-likeness (QED) is 0.626. The molecule has 0 bridgehead atoms. The Morgan fingerprint density at radius 3 is 2.38 bits per heavy atom. The van der Waals surface area contributed by atoms with Crippen LogP contribution in [-0.4, -0.2) is 28.7 Å². The number of carboxylic acids is 1. The molecular weight excluding hydrogens is 385 g/mol.